The molecule has 0 unspecified atom stereocenters. The molecule has 0 spiro atoms. The number of rotatable bonds is 3. The lowest BCUT2D eigenvalue weighted by Crippen LogP contribution is -2.11. The third-order valence-electron chi connectivity index (χ3n) is 2.58. The molecular weight excluding hydrogens is 248 g/mol. The fourth-order valence-electron chi connectivity index (χ4n) is 1.64. The van der Waals surface area contributed by atoms with Gasteiger partial charge in [0.25, 0.3) is 0 Å². The summed E-state index contributed by atoms with van der Waals surface area (Å²) in [5.74, 6) is 0.726. The first-order valence-corrected chi connectivity index (χ1v) is 5.98. The Morgan fingerprint density at radius 2 is 1.94 bits per heavy atom. The highest BCUT2D eigenvalue weighted by Gasteiger charge is 2.07. The fourth-order valence-corrected chi connectivity index (χ4v) is 1.78. The van der Waals surface area contributed by atoms with E-state index in [-0.39, 0.29) is 5.28 Å². The third-order valence-corrected chi connectivity index (χ3v) is 2.76. The Hall–Kier alpha value is -1.81. The highest BCUT2D eigenvalue weighted by Crippen LogP contribution is 2.27. The van der Waals surface area contributed by atoms with Crippen LogP contribution in [0.2, 0.25) is 5.28 Å². The molecule has 0 aliphatic carbocycles. The average Bonchev–Trinajstić information content (AvgIpc) is 2.34. The molecular formula is C13H15ClN4. The zero-order valence-corrected chi connectivity index (χ0v) is 11.4. The van der Waals surface area contributed by atoms with Gasteiger partial charge in [0.1, 0.15) is 5.82 Å². The normalized spacial score (nSPS) is 10.2. The second-order valence-electron chi connectivity index (χ2n) is 4.21. The minimum absolute atomic E-state index is 0.241. The van der Waals surface area contributed by atoms with Crippen molar-refractivity contribution in [2.24, 2.45) is 0 Å². The van der Waals surface area contributed by atoms with E-state index in [4.69, 9.17) is 11.6 Å². The first kappa shape index (κ1) is 12.6. The van der Waals surface area contributed by atoms with Crippen LogP contribution in [0.15, 0.2) is 30.5 Å². The molecule has 1 heterocycles. The lowest BCUT2D eigenvalue weighted by Gasteiger charge is -2.18. The van der Waals surface area contributed by atoms with Gasteiger partial charge in [-0.25, -0.2) is 9.97 Å². The summed E-state index contributed by atoms with van der Waals surface area (Å²) in [6.07, 6.45) is 1.70. The van der Waals surface area contributed by atoms with E-state index in [1.807, 2.05) is 50.2 Å². The average molecular weight is 263 g/mol. The van der Waals surface area contributed by atoms with Crippen molar-refractivity contribution in [2.45, 2.75) is 6.92 Å². The van der Waals surface area contributed by atoms with Gasteiger partial charge < -0.3 is 10.2 Å². The van der Waals surface area contributed by atoms with Crippen LogP contribution in [0.25, 0.3) is 0 Å². The van der Waals surface area contributed by atoms with Crippen molar-refractivity contribution in [1.29, 1.82) is 0 Å². The molecule has 0 saturated carbocycles. The zero-order chi connectivity index (χ0) is 13.1. The molecule has 0 atom stereocenters. The van der Waals surface area contributed by atoms with Crippen LogP contribution in [0.5, 0.6) is 0 Å². The number of para-hydroxylation sites is 2. The van der Waals surface area contributed by atoms with E-state index in [1.165, 1.54) is 0 Å². The maximum absolute atomic E-state index is 5.81. The van der Waals surface area contributed by atoms with E-state index < -0.39 is 0 Å². The summed E-state index contributed by atoms with van der Waals surface area (Å²) in [7, 11) is 4.00. The minimum atomic E-state index is 0.241. The number of halogens is 1. The molecule has 0 aliphatic rings. The maximum atomic E-state index is 5.81. The number of hydrogen-bond donors (Lipinski definition) is 1. The highest BCUT2D eigenvalue weighted by molar-refractivity contribution is 6.28. The number of nitrogens with zero attached hydrogens (tertiary/aromatic N) is 3. The molecule has 2 aromatic rings. The predicted molar refractivity (Wildman–Crippen MR) is 75.8 cm³/mol. The van der Waals surface area contributed by atoms with Gasteiger partial charge in [-0.3, -0.25) is 0 Å². The van der Waals surface area contributed by atoms with E-state index in [9.17, 15) is 0 Å². The molecule has 5 heteroatoms. The number of aromatic nitrogens is 2. The Labute approximate surface area is 112 Å². The molecule has 0 fully saturated rings. The summed E-state index contributed by atoms with van der Waals surface area (Å²) in [5.41, 5.74) is 3.03. The first-order chi connectivity index (χ1) is 8.58. The van der Waals surface area contributed by atoms with Crippen LogP contribution in [0, 0.1) is 6.92 Å². The lowest BCUT2D eigenvalue weighted by molar-refractivity contribution is 1.11. The molecule has 1 aromatic carbocycles. The lowest BCUT2D eigenvalue weighted by atomic mass is 10.2. The van der Waals surface area contributed by atoms with Crippen LogP contribution < -0.4 is 10.2 Å². The first-order valence-electron chi connectivity index (χ1n) is 5.60. The van der Waals surface area contributed by atoms with Gasteiger partial charge in [-0.05, 0) is 30.7 Å². The molecule has 0 saturated heterocycles. The molecule has 18 heavy (non-hydrogen) atoms. The van der Waals surface area contributed by atoms with Gasteiger partial charge in [0.05, 0.1) is 11.4 Å². The Balaban J connectivity index is 2.37. The van der Waals surface area contributed by atoms with E-state index in [2.05, 4.69) is 15.3 Å². The van der Waals surface area contributed by atoms with Crippen LogP contribution in [0.1, 0.15) is 5.56 Å². The molecule has 1 aromatic heterocycles. The Kier molecular flexibility index (Phi) is 3.67. The van der Waals surface area contributed by atoms with Crippen LogP contribution in [0.3, 0.4) is 0 Å². The molecule has 0 bridgehead atoms. The van der Waals surface area contributed by atoms with Crippen molar-refractivity contribution in [3.8, 4) is 0 Å². The summed E-state index contributed by atoms with van der Waals surface area (Å²) >= 11 is 5.81. The van der Waals surface area contributed by atoms with Crippen molar-refractivity contribution in [1.82, 2.24) is 9.97 Å². The molecule has 0 amide bonds. The summed E-state index contributed by atoms with van der Waals surface area (Å²) in [4.78, 5) is 10.2. The van der Waals surface area contributed by atoms with Crippen molar-refractivity contribution < 1.29 is 0 Å². The minimum Gasteiger partial charge on any atom is -0.376 e. The zero-order valence-electron chi connectivity index (χ0n) is 10.6. The van der Waals surface area contributed by atoms with Gasteiger partial charge >= 0.3 is 0 Å². The van der Waals surface area contributed by atoms with Gasteiger partial charge in [0.2, 0.25) is 5.28 Å². The molecule has 4 nitrogen and oxygen atoms in total. The number of benzene rings is 1. The molecule has 0 aliphatic heterocycles. The van der Waals surface area contributed by atoms with Crippen molar-refractivity contribution in [3.63, 3.8) is 0 Å². The van der Waals surface area contributed by atoms with Crippen molar-refractivity contribution >= 4 is 28.8 Å². The highest BCUT2D eigenvalue weighted by atomic mass is 35.5. The van der Waals surface area contributed by atoms with Crippen LogP contribution in [0.4, 0.5) is 17.2 Å². The van der Waals surface area contributed by atoms with E-state index in [1.54, 1.807) is 6.20 Å². The van der Waals surface area contributed by atoms with Crippen molar-refractivity contribution in [2.75, 3.05) is 24.3 Å². The summed E-state index contributed by atoms with van der Waals surface area (Å²) in [6, 6.07) is 8.03. The molecule has 94 valence electrons. The second-order valence-corrected chi connectivity index (χ2v) is 4.55. The SMILES string of the molecule is Cc1cnc(Cl)nc1Nc1ccccc1N(C)C. The van der Waals surface area contributed by atoms with Crippen LogP contribution in [-0.4, -0.2) is 24.1 Å². The summed E-state index contributed by atoms with van der Waals surface area (Å²) < 4.78 is 0. The number of nitrogens with one attached hydrogen (secondary N) is 1. The smallest absolute Gasteiger partial charge is 0.224 e. The Bertz CT molecular complexity index is 554. The molecule has 0 radical (unpaired) electrons. The van der Waals surface area contributed by atoms with Gasteiger partial charge in [-0.15, -0.1) is 0 Å². The third kappa shape index (κ3) is 2.71. The van der Waals surface area contributed by atoms with Crippen molar-refractivity contribution in [3.05, 3.63) is 41.3 Å². The van der Waals surface area contributed by atoms with Crippen LogP contribution >= 0.6 is 11.6 Å². The van der Waals surface area contributed by atoms with Gasteiger partial charge in [-0.1, -0.05) is 12.1 Å². The quantitative estimate of drug-likeness (QED) is 0.862. The van der Waals surface area contributed by atoms with E-state index >= 15 is 0 Å². The topological polar surface area (TPSA) is 41.1 Å². The number of anilines is 3. The standard InChI is InChI=1S/C13H15ClN4/c1-9-8-15-13(14)17-12(9)16-10-6-4-5-7-11(10)18(2)3/h4-8H,1-3H3,(H,15,16,17). The van der Waals surface area contributed by atoms with Gasteiger partial charge in [0, 0.05) is 25.9 Å². The molecule has 2 rings (SSSR count). The number of hydrogen-bond acceptors (Lipinski definition) is 4. The second kappa shape index (κ2) is 5.23. The number of aryl methyl sites for hydroxylation is 1. The van der Waals surface area contributed by atoms with Crippen LogP contribution in [-0.2, 0) is 0 Å². The summed E-state index contributed by atoms with van der Waals surface area (Å²) in [5, 5.41) is 3.53. The monoisotopic (exact) mass is 262 g/mol. The van der Waals surface area contributed by atoms with E-state index in [0.29, 0.717) is 0 Å². The molecule has 1 N–H and O–H groups in total. The van der Waals surface area contributed by atoms with E-state index in [0.717, 1.165) is 22.8 Å². The Morgan fingerprint density at radius 3 is 2.67 bits per heavy atom. The fraction of sp³-hybridized carbons (Fsp3) is 0.231. The van der Waals surface area contributed by atoms with Gasteiger partial charge in [-0.2, -0.15) is 0 Å². The predicted octanol–water partition coefficient (Wildman–Crippen LogP) is 3.25. The summed E-state index contributed by atoms with van der Waals surface area (Å²) in [6.45, 7) is 1.94. The Morgan fingerprint density at radius 1 is 1.22 bits per heavy atom. The maximum Gasteiger partial charge on any atom is 0.224 e. The largest absolute Gasteiger partial charge is 0.376 e. The van der Waals surface area contributed by atoms with Gasteiger partial charge in [0.15, 0.2) is 0 Å².